The Kier molecular flexibility index (Phi) is 4.86. The van der Waals surface area contributed by atoms with Gasteiger partial charge in [0.25, 0.3) is 0 Å². The summed E-state index contributed by atoms with van der Waals surface area (Å²) in [5.41, 5.74) is 2.13. The van der Waals surface area contributed by atoms with Crippen LogP contribution in [0.2, 0.25) is 0 Å². The molecule has 1 N–H and O–H groups in total. The van der Waals surface area contributed by atoms with Gasteiger partial charge in [-0.2, -0.15) is 0 Å². The zero-order valence-corrected chi connectivity index (χ0v) is 14.2. The molecule has 2 atom stereocenters. The molecule has 0 radical (unpaired) electrons. The van der Waals surface area contributed by atoms with Crippen LogP contribution in [0.1, 0.15) is 23.6 Å². The fraction of sp³-hybridized carbons (Fsp3) is 0.350. The SMILES string of the molecule is CN(C)CC1CC(=O)N(Cc2ccccc2)C1c1cccc(O)c1. The molecular weight excluding hydrogens is 300 g/mol. The van der Waals surface area contributed by atoms with Gasteiger partial charge in [0.15, 0.2) is 0 Å². The topological polar surface area (TPSA) is 43.8 Å². The van der Waals surface area contributed by atoms with Crippen LogP contribution in [-0.4, -0.2) is 41.5 Å². The van der Waals surface area contributed by atoms with Gasteiger partial charge in [-0.05, 0) is 37.4 Å². The summed E-state index contributed by atoms with van der Waals surface area (Å²) in [6.07, 6.45) is 0.547. The van der Waals surface area contributed by atoms with E-state index in [1.165, 1.54) is 0 Å². The number of nitrogens with zero attached hydrogens (tertiary/aromatic N) is 2. The third-order valence-electron chi connectivity index (χ3n) is 4.55. The van der Waals surface area contributed by atoms with E-state index in [4.69, 9.17) is 0 Å². The van der Waals surface area contributed by atoms with Crippen molar-refractivity contribution in [2.45, 2.75) is 19.0 Å². The molecule has 4 nitrogen and oxygen atoms in total. The van der Waals surface area contributed by atoms with E-state index in [2.05, 4.69) is 4.90 Å². The van der Waals surface area contributed by atoms with Crippen LogP contribution < -0.4 is 0 Å². The molecule has 24 heavy (non-hydrogen) atoms. The number of amides is 1. The Morgan fingerprint density at radius 2 is 1.88 bits per heavy atom. The fourth-order valence-corrected chi connectivity index (χ4v) is 3.62. The van der Waals surface area contributed by atoms with Gasteiger partial charge in [-0.3, -0.25) is 4.79 Å². The standard InChI is InChI=1S/C20H24N2O2/c1-21(2)14-17-12-19(24)22(13-15-7-4-3-5-8-15)20(17)16-9-6-10-18(23)11-16/h3-11,17,20,23H,12-14H2,1-2H3. The van der Waals surface area contributed by atoms with Gasteiger partial charge in [0.2, 0.25) is 5.91 Å². The molecule has 0 spiro atoms. The molecular formula is C20H24N2O2. The van der Waals surface area contributed by atoms with Gasteiger partial charge in [-0.15, -0.1) is 0 Å². The van der Waals surface area contributed by atoms with E-state index in [1.54, 1.807) is 12.1 Å². The molecule has 1 amide bonds. The van der Waals surface area contributed by atoms with Crippen molar-refractivity contribution in [3.63, 3.8) is 0 Å². The molecule has 0 aliphatic carbocycles. The minimum Gasteiger partial charge on any atom is -0.508 e. The highest BCUT2D eigenvalue weighted by Crippen LogP contribution is 2.40. The van der Waals surface area contributed by atoms with Crippen molar-refractivity contribution in [3.05, 3.63) is 65.7 Å². The second-order valence-electron chi connectivity index (χ2n) is 6.77. The maximum Gasteiger partial charge on any atom is 0.223 e. The monoisotopic (exact) mass is 324 g/mol. The van der Waals surface area contributed by atoms with Crippen molar-refractivity contribution in [3.8, 4) is 5.75 Å². The first-order chi connectivity index (χ1) is 11.5. The molecule has 1 aliphatic rings. The Labute approximate surface area is 143 Å². The summed E-state index contributed by atoms with van der Waals surface area (Å²) in [4.78, 5) is 16.8. The Morgan fingerprint density at radius 3 is 2.54 bits per heavy atom. The van der Waals surface area contributed by atoms with Gasteiger partial charge in [-0.1, -0.05) is 42.5 Å². The molecule has 0 aromatic heterocycles. The highest BCUT2D eigenvalue weighted by atomic mass is 16.3. The summed E-state index contributed by atoms with van der Waals surface area (Å²) in [6, 6.07) is 17.4. The molecule has 1 fully saturated rings. The van der Waals surface area contributed by atoms with Crippen LogP contribution in [0.5, 0.6) is 5.75 Å². The van der Waals surface area contributed by atoms with Crippen molar-refractivity contribution < 1.29 is 9.90 Å². The predicted molar refractivity (Wildman–Crippen MR) is 94.5 cm³/mol. The number of benzene rings is 2. The smallest absolute Gasteiger partial charge is 0.223 e. The molecule has 0 bridgehead atoms. The Balaban J connectivity index is 1.93. The van der Waals surface area contributed by atoms with Crippen molar-refractivity contribution in [2.75, 3.05) is 20.6 Å². The highest BCUT2D eigenvalue weighted by Gasteiger charge is 2.40. The van der Waals surface area contributed by atoms with Gasteiger partial charge in [0, 0.05) is 25.4 Å². The molecule has 1 saturated heterocycles. The maximum atomic E-state index is 12.7. The van der Waals surface area contributed by atoms with Crippen LogP contribution in [-0.2, 0) is 11.3 Å². The minimum absolute atomic E-state index is 0.00722. The lowest BCUT2D eigenvalue weighted by Gasteiger charge is -2.30. The first-order valence-electron chi connectivity index (χ1n) is 8.31. The van der Waals surface area contributed by atoms with E-state index >= 15 is 0 Å². The molecule has 0 saturated carbocycles. The quantitative estimate of drug-likeness (QED) is 0.919. The largest absolute Gasteiger partial charge is 0.508 e. The number of carbonyl (C=O) groups excluding carboxylic acids is 1. The molecule has 2 unspecified atom stereocenters. The molecule has 1 heterocycles. The summed E-state index contributed by atoms with van der Waals surface area (Å²) in [7, 11) is 4.06. The van der Waals surface area contributed by atoms with Gasteiger partial charge in [-0.25, -0.2) is 0 Å². The summed E-state index contributed by atoms with van der Waals surface area (Å²) in [5, 5.41) is 9.87. The second-order valence-corrected chi connectivity index (χ2v) is 6.77. The number of phenolic OH excluding ortho intramolecular Hbond substituents is 1. The number of likely N-dealkylation sites (tertiary alicyclic amines) is 1. The average Bonchev–Trinajstić information content (AvgIpc) is 2.83. The van der Waals surface area contributed by atoms with Crippen LogP contribution in [0.3, 0.4) is 0 Å². The molecule has 2 aromatic rings. The third kappa shape index (κ3) is 3.60. The van der Waals surface area contributed by atoms with E-state index in [9.17, 15) is 9.90 Å². The van der Waals surface area contributed by atoms with E-state index in [0.717, 1.165) is 17.7 Å². The van der Waals surface area contributed by atoms with Gasteiger partial charge in [0.1, 0.15) is 5.75 Å². The zero-order chi connectivity index (χ0) is 17.1. The number of aromatic hydroxyl groups is 1. The van der Waals surface area contributed by atoms with Crippen molar-refractivity contribution >= 4 is 5.91 Å². The minimum atomic E-state index is -0.00722. The van der Waals surface area contributed by atoms with Gasteiger partial charge < -0.3 is 14.9 Å². The van der Waals surface area contributed by atoms with E-state index in [-0.39, 0.29) is 23.6 Å². The van der Waals surface area contributed by atoms with Crippen LogP contribution in [0.25, 0.3) is 0 Å². The molecule has 126 valence electrons. The van der Waals surface area contributed by atoms with Crippen molar-refractivity contribution in [2.24, 2.45) is 5.92 Å². The fourth-order valence-electron chi connectivity index (χ4n) is 3.62. The van der Waals surface area contributed by atoms with Crippen LogP contribution in [0.4, 0.5) is 0 Å². The maximum absolute atomic E-state index is 12.7. The molecule has 2 aromatic carbocycles. The van der Waals surface area contributed by atoms with E-state index < -0.39 is 0 Å². The van der Waals surface area contributed by atoms with E-state index in [1.807, 2.05) is 61.5 Å². The zero-order valence-electron chi connectivity index (χ0n) is 14.2. The lowest BCUT2D eigenvalue weighted by Crippen LogP contribution is -2.31. The first-order valence-corrected chi connectivity index (χ1v) is 8.31. The number of carbonyl (C=O) groups is 1. The Bertz CT molecular complexity index is 700. The second kappa shape index (κ2) is 7.05. The van der Waals surface area contributed by atoms with Gasteiger partial charge >= 0.3 is 0 Å². The van der Waals surface area contributed by atoms with Crippen LogP contribution in [0, 0.1) is 5.92 Å². The lowest BCUT2D eigenvalue weighted by atomic mass is 9.93. The predicted octanol–water partition coefficient (Wildman–Crippen LogP) is 3.04. The van der Waals surface area contributed by atoms with Crippen LogP contribution in [0.15, 0.2) is 54.6 Å². The normalized spacial score (nSPS) is 20.8. The number of phenols is 1. The number of hydrogen-bond acceptors (Lipinski definition) is 3. The number of rotatable bonds is 5. The Morgan fingerprint density at radius 1 is 1.12 bits per heavy atom. The third-order valence-corrected chi connectivity index (χ3v) is 4.55. The lowest BCUT2D eigenvalue weighted by molar-refractivity contribution is -0.129. The van der Waals surface area contributed by atoms with Gasteiger partial charge in [0.05, 0.1) is 6.04 Å². The molecule has 3 rings (SSSR count). The Hall–Kier alpha value is -2.33. The summed E-state index contributed by atoms with van der Waals surface area (Å²) in [5.74, 6) is 0.646. The van der Waals surface area contributed by atoms with Crippen molar-refractivity contribution in [1.82, 2.24) is 9.80 Å². The first kappa shape index (κ1) is 16.5. The van der Waals surface area contributed by atoms with Crippen LogP contribution >= 0.6 is 0 Å². The molecule has 1 aliphatic heterocycles. The van der Waals surface area contributed by atoms with E-state index in [0.29, 0.717) is 13.0 Å². The molecule has 4 heteroatoms. The van der Waals surface area contributed by atoms with Crippen molar-refractivity contribution in [1.29, 1.82) is 0 Å². The summed E-state index contributed by atoms with van der Waals surface area (Å²) in [6.45, 7) is 1.45. The average molecular weight is 324 g/mol. The highest BCUT2D eigenvalue weighted by molar-refractivity contribution is 5.79. The number of hydrogen-bond donors (Lipinski definition) is 1. The summed E-state index contributed by atoms with van der Waals surface area (Å²) >= 11 is 0. The summed E-state index contributed by atoms with van der Waals surface area (Å²) < 4.78 is 0.